The summed E-state index contributed by atoms with van der Waals surface area (Å²) in [4.78, 5) is 25.9. The molecule has 0 saturated heterocycles. The van der Waals surface area contributed by atoms with E-state index in [4.69, 9.17) is 4.74 Å². The van der Waals surface area contributed by atoms with Gasteiger partial charge < -0.3 is 15.0 Å². The number of likely N-dealkylation sites (N-methyl/N-ethyl adjacent to an activating group) is 1. The third-order valence-corrected chi connectivity index (χ3v) is 5.80. The monoisotopic (exact) mass is 451 g/mol. The molecule has 31 heavy (non-hydrogen) atoms. The van der Waals surface area contributed by atoms with Gasteiger partial charge in [-0.15, -0.1) is 0 Å². The van der Waals surface area contributed by atoms with E-state index in [-0.39, 0.29) is 28.6 Å². The van der Waals surface area contributed by atoms with E-state index in [1.54, 1.807) is 14.0 Å². The number of nitrogens with zero attached hydrogens (tertiary/aromatic N) is 1. The number of hydrogen-bond donors (Lipinski definition) is 2. The summed E-state index contributed by atoms with van der Waals surface area (Å²) in [5, 5.41) is 2.69. The first kappa shape index (κ1) is 24.3. The molecular formula is C21H26FN3O5S. The van der Waals surface area contributed by atoms with Crippen LogP contribution in [0.3, 0.4) is 0 Å². The number of amides is 2. The van der Waals surface area contributed by atoms with Gasteiger partial charge >= 0.3 is 0 Å². The zero-order valence-electron chi connectivity index (χ0n) is 17.6. The molecule has 2 N–H and O–H groups in total. The smallest absolute Gasteiger partial charge is 0.261 e. The molecule has 0 aliphatic carbocycles. The van der Waals surface area contributed by atoms with Gasteiger partial charge in [0.25, 0.3) is 15.9 Å². The fourth-order valence-corrected chi connectivity index (χ4v) is 3.81. The molecule has 0 radical (unpaired) electrons. The van der Waals surface area contributed by atoms with Crippen molar-refractivity contribution in [2.45, 2.75) is 18.2 Å². The maximum atomic E-state index is 13.0. The van der Waals surface area contributed by atoms with E-state index in [0.717, 1.165) is 12.1 Å². The first-order chi connectivity index (χ1) is 14.6. The first-order valence-corrected chi connectivity index (χ1v) is 11.0. The molecule has 0 bridgehead atoms. The van der Waals surface area contributed by atoms with Crippen LogP contribution in [0.2, 0.25) is 0 Å². The molecule has 168 valence electrons. The minimum Gasteiger partial charge on any atom is -0.385 e. The van der Waals surface area contributed by atoms with Gasteiger partial charge in [0, 0.05) is 38.6 Å². The zero-order valence-corrected chi connectivity index (χ0v) is 18.5. The van der Waals surface area contributed by atoms with E-state index in [0.29, 0.717) is 25.1 Å². The molecule has 0 fully saturated rings. The highest BCUT2D eigenvalue weighted by atomic mass is 32.2. The van der Waals surface area contributed by atoms with Crippen LogP contribution in [0.15, 0.2) is 47.4 Å². The Hall–Kier alpha value is -2.98. The molecule has 0 saturated carbocycles. The zero-order chi connectivity index (χ0) is 23.0. The van der Waals surface area contributed by atoms with Gasteiger partial charge in [-0.2, -0.15) is 0 Å². The Morgan fingerprint density at radius 2 is 1.81 bits per heavy atom. The summed E-state index contributed by atoms with van der Waals surface area (Å²) in [5.74, 6) is -1.30. The van der Waals surface area contributed by atoms with Gasteiger partial charge in [-0.25, -0.2) is 12.8 Å². The number of aryl methyl sites for hydroxylation is 1. The molecule has 0 aromatic heterocycles. The molecule has 8 nitrogen and oxygen atoms in total. The fraction of sp³-hybridized carbons (Fsp3) is 0.333. The molecule has 0 spiro atoms. The van der Waals surface area contributed by atoms with Crippen molar-refractivity contribution in [1.82, 2.24) is 10.2 Å². The number of anilines is 1. The van der Waals surface area contributed by atoms with Gasteiger partial charge in [0.2, 0.25) is 5.91 Å². The van der Waals surface area contributed by atoms with Crippen molar-refractivity contribution in [3.63, 3.8) is 0 Å². The van der Waals surface area contributed by atoms with E-state index >= 15 is 0 Å². The Morgan fingerprint density at radius 3 is 2.45 bits per heavy atom. The molecule has 10 heteroatoms. The number of carbonyl (C=O) groups is 2. The van der Waals surface area contributed by atoms with Gasteiger partial charge in [0.1, 0.15) is 5.82 Å². The maximum Gasteiger partial charge on any atom is 0.261 e. The van der Waals surface area contributed by atoms with Crippen molar-refractivity contribution in [3.8, 4) is 0 Å². The second-order valence-electron chi connectivity index (χ2n) is 6.95. The largest absolute Gasteiger partial charge is 0.385 e. The lowest BCUT2D eigenvalue weighted by atomic mass is 10.1. The highest BCUT2D eigenvalue weighted by molar-refractivity contribution is 7.92. The number of sulfonamides is 1. The van der Waals surface area contributed by atoms with Crippen molar-refractivity contribution in [2.75, 3.05) is 38.6 Å². The maximum absolute atomic E-state index is 13.0. The highest BCUT2D eigenvalue weighted by Crippen LogP contribution is 2.20. The molecule has 2 aromatic rings. The van der Waals surface area contributed by atoms with Crippen molar-refractivity contribution in [1.29, 1.82) is 0 Å². The Morgan fingerprint density at radius 1 is 1.13 bits per heavy atom. The number of halogens is 1. The number of carbonyl (C=O) groups excluding carboxylic acids is 2. The number of rotatable bonds is 10. The van der Waals surface area contributed by atoms with Crippen LogP contribution in [0.4, 0.5) is 10.1 Å². The second kappa shape index (κ2) is 10.9. The molecular weight excluding hydrogens is 425 g/mol. The number of nitrogens with one attached hydrogen (secondary N) is 2. The van der Waals surface area contributed by atoms with Gasteiger partial charge in [0.15, 0.2) is 0 Å². The summed E-state index contributed by atoms with van der Waals surface area (Å²) in [5.41, 5.74) is 0.923. The first-order valence-electron chi connectivity index (χ1n) is 9.54. The lowest BCUT2D eigenvalue weighted by Crippen LogP contribution is -2.39. The summed E-state index contributed by atoms with van der Waals surface area (Å²) >= 11 is 0. The van der Waals surface area contributed by atoms with Crippen molar-refractivity contribution < 1.29 is 27.1 Å². The average Bonchev–Trinajstić information content (AvgIpc) is 2.72. The lowest BCUT2D eigenvalue weighted by molar-refractivity contribution is -0.121. The Bertz CT molecular complexity index is 1030. The number of hydrogen-bond acceptors (Lipinski definition) is 5. The number of benzene rings is 2. The Kier molecular flexibility index (Phi) is 8.52. The van der Waals surface area contributed by atoms with Crippen LogP contribution in [-0.4, -0.2) is 59.0 Å². The summed E-state index contributed by atoms with van der Waals surface area (Å²) < 4.78 is 45.7. The predicted molar refractivity (Wildman–Crippen MR) is 115 cm³/mol. The van der Waals surface area contributed by atoms with E-state index in [9.17, 15) is 22.4 Å². The normalized spacial score (nSPS) is 11.1. The topological polar surface area (TPSA) is 105 Å². The average molecular weight is 452 g/mol. The third kappa shape index (κ3) is 7.04. The van der Waals surface area contributed by atoms with Crippen LogP contribution in [0.25, 0.3) is 0 Å². The molecule has 0 heterocycles. The second-order valence-corrected chi connectivity index (χ2v) is 8.63. The van der Waals surface area contributed by atoms with Gasteiger partial charge in [0.05, 0.1) is 11.4 Å². The van der Waals surface area contributed by atoms with Gasteiger partial charge in [-0.05, 0) is 55.3 Å². The van der Waals surface area contributed by atoms with Crippen molar-refractivity contribution in [3.05, 3.63) is 59.4 Å². The fourth-order valence-electron chi connectivity index (χ4n) is 2.72. The summed E-state index contributed by atoms with van der Waals surface area (Å²) in [6, 6.07) is 9.02. The molecule has 2 rings (SSSR count). The lowest BCUT2D eigenvalue weighted by Gasteiger charge is -2.19. The van der Waals surface area contributed by atoms with E-state index < -0.39 is 21.7 Å². The Balaban J connectivity index is 2.12. The third-order valence-electron chi connectivity index (χ3n) is 4.42. The quantitative estimate of drug-likeness (QED) is 0.539. The van der Waals surface area contributed by atoms with Crippen LogP contribution < -0.4 is 10.0 Å². The van der Waals surface area contributed by atoms with E-state index in [1.165, 1.54) is 42.3 Å². The molecule has 0 aliphatic heterocycles. The van der Waals surface area contributed by atoms with Crippen LogP contribution in [0.5, 0.6) is 0 Å². The molecule has 0 unspecified atom stereocenters. The molecule has 2 aromatic carbocycles. The van der Waals surface area contributed by atoms with Crippen LogP contribution in [-0.2, 0) is 19.6 Å². The number of methoxy groups -OCH3 is 1. The predicted octanol–water partition coefficient (Wildman–Crippen LogP) is 2.16. The van der Waals surface area contributed by atoms with Gasteiger partial charge in [-0.1, -0.05) is 6.07 Å². The molecule has 2 amide bonds. The van der Waals surface area contributed by atoms with Crippen molar-refractivity contribution in [2.24, 2.45) is 0 Å². The minimum absolute atomic E-state index is 0.122. The van der Waals surface area contributed by atoms with Crippen LogP contribution in [0.1, 0.15) is 22.3 Å². The SMILES string of the molecule is COCCCNC(=O)CN(C)C(=O)c1cc(S(=O)(=O)Nc2ccc(F)cc2)ccc1C. The van der Waals surface area contributed by atoms with Crippen LogP contribution >= 0.6 is 0 Å². The highest BCUT2D eigenvalue weighted by Gasteiger charge is 2.21. The summed E-state index contributed by atoms with van der Waals surface area (Å²) in [6.07, 6.45) is 0.653. The van der Waals surface area contributed by atoms with Gasteiger partial charge in [-0.3, -0.25) is 14.3 Å². The summed E-state index contributed by atoms with van der Waals surface area (Å²) in [7, 11) is -0.963. The molecule has 0 aliphatic rings. The molecule has 0 atom stereocenters. The standard InChI is InChI=1S/C21H26FN3O5S/c1-15-5-10-18(31(28,29)24-17-8-6-16(22)7-9-17)13-19(15)21(27)25(2)14-20(26)23-11-4-12-30-3/h5-10,13,24H,4,11-12,14H2,1-3H3,(H,23,26). The van der Waals surface area contributed by atoms with Crippen LogP contribution in [0, 0.1) is 12.7 Å². The summed E-state index contributed by atoms with van der Waals surface area (Å²) in [6.45, 7) is 2.45. The van der Waals surface area contributed by atoms with E-state index in [1.807, 2.05) is 0 Å². The number of ether oxygens (including phenoxy) is 1. The minimum atomic E-state index is -4.00. The Labute approximate surface area is 181 Å². The van der Waals surface area contributed by atoms with E-state index in [2.05, 4.69) is 10.0 Å². The van der Waals surface area contributed by atoms with Crippen molar-refractivity contribution >= 4 is 27.5 Å².